The molecule has 0 aromatic heterocycles. The molecule has 1 saturated heterocycles. The number of benzene rings is 2. The third-order valence-corrected chi connectivity index (χ3v) is 5.29. The molecule has 1 fully saturated rings. The number of carbonyl (C=O) groups excluding carboxylic acids is 2. The summed E-state index contributed by atoms with van der Waals surface area (Å²) in [6.07, 6.45) is 2.03. The number of hydrogen-bond donors (Lipinski definition) is 0. The number of amides is 3. The van der Waals surface area contributed by atoms with E-state index in [0.29, 0.717) is 35.5 Å². The number of urea groups is 1. The monoisotopic (exact) mass is 414 g/mol. The molecule has 1 unspecified atom stereocenters. The van der Waals surface area contributed by atoms with Crippen molar-refractivity contribution in [3.05, 3.63) is 59.6 Å². The molecule has 154 valence electrons. The molecule has 0 bridgehead atoms. The summed E-state index contributed by atoms with van der Waals surface area (Å²) in [5.41, 5.74) is -0.714. The number of ether oxygens (including phenoxy) is 1. The largest absolute Gasteiger partial charge is 0.478 e. The van der Waals surface area contributed by atoms with Gasteiger partial charge in [-0.2, -0.15) is 0 Å². The maximum Gasteiger partial charge on any atom is 0.331 e. The molecule has 0 radical (unpaired) electrons. The maximum atomic E-state index is 13.5. The van der Waals surface area contributed by atoms with E-state index in [1.807, 2.05) is 18.2 Å². The second kappa shape index (κ2) is 8.87. The van der Waals surface area contributed by atoms with Crippen LogP contribution in [0.1, 0.15) is 33.6 Å². The van der Waals surface area contributed by atoms with E-state index >= 15 is 0 Å². The second-order valence-electron chi connectivity index (χ2n) is 8.02. The van der Waals surface area contributed by atoms with Crippen LogP contribution in [0.4, 0.5) is 10.5 Å². The molecule has 0 saturated carbocycles. The molecular formula is C23H27ClN2O3. The zero-order valence-electron chi connectivity index (χ0n) is 17.1. The van der Waals surface area contributed by atoms with E-state index in [1.165, 1.54) is 4.90 Å². The highest BCUT2D eigenvalue weighted by molar-refractivity contribution is 6.30. The summed E-state index contributed by atoms with van der Waals surface area (Å²) < 4.78 is 5.96. The highest BCUT2D eigenvalue weighted by atomic mass is 35.5. The molecule has 29 heavy (non-hydrogen) atoms. The molecule has 3 rings (SSSR count). The number of carbonyl (C=O) groups is 2. The van der Waals surface area contributed by atoms with Gasteiger partial charge in [0.1, 0.15) is 5.75 Å². The Morgan fingerprint density at radius 3 is 2.38 bits per heavy atom. The number of nitrogens with zero attached hydrogens (tertiary/aromatic N) is 2. The van der Waals surface area contributed by atoms with Crippen LogP contribution in [0.3, 0.4) is 0 Å². The topological polar surface area (TPSA) is 49.9 Å². The predicted molar refractivity (Wildman–Crippen MR) is 115 cm³/mol. The SMILES string of the molecule is CC1CCCN(C(=O)N(C(=O)C(C)(C)Oc2ccc(Cl)cc2)c2ccccc2)C1. The van der Waals surface area contributed by atoms with Gasteiger partial charge in [0.2, 0.25) is 0 Å². The van der Waals surface area contributed by atoms with Crippen molar-refractivity contribution in [1.29, 1.82) is 0 Å². The maximum absolute atomic E-state index is 13.5. The molecule has 2 aromatic rings. The van der Waals surface area contributed by atoms with Gasteiger partial charge in [-0.1, -0.05) is 36.7 Å². The van der Waals surface area contributed by atoms with Crippen LogP contribution >= 0.6 is 11.6 Å². The lowest BCUT2D eigenvalue weighted by molar-refractivity contribution is -0.130. The van der Waals surface area contributed by atoms with E-state index in [1.54, 1.807) is 55.1 Å². The first-order valence-corrected chi connectivity index (χ1v) is 10.3. The number of halogens is 1. The first kappa shape index (κ1) is 21.2. The fraction of sp³-hybridized carbons (Fsp3) is 0.391. The van der Waals surface area contributed by atoms with Crippen LogP contribution in [0.5, 0.6) is 5.75 Å². The third-order valence-electron chi connectivity index (χ3n) is 5.04. The van der Waals surface area contributed by atoms with E-state index in [2.05, 4.69) is 6.92 Å². The first-order valence-electron chi connectivity index (χ1n) is 9.91. The van der Waals surface area contributed by atoms with Crippen molar-refractivity contribution < 1.29 is 14.3 Å². The third kappa shape index (κ3) is 5.10. The number of para-hydroxylation sites is 1. The van der Waals surface area contributed by atoms with Crippen molar-refractivity contribution in [1.82, 2.24) is 4.90 Å². The Bertz CT molecular complexity index is 852. The van der Waals surface area contributed by atoms with Gasteiger partial charge in [-0.3, -0.25) is 4.79 Å². The summed E-state index contributed by atoms with van der Waals surface area (Å²) in [5.74, 6) is 0.514. The molecule has 0 N–H and O–H groups in total. The van der Waals surface area contributed by atoms with E-state index in [4.69, 9.17) is 16.3 Å². The van der Waals surface area contributed by atoms with Crippen LogP contribution in [-0.4, -0.2) is 35.5 Å². The zero-order valence-corrected chi connectivity index (χ0v) is 17.9. The Labute approximate surface area is 177 Å². The molecule has 0 aliphatic carbocycles. The average Bonchev–Trinajstić information content (AvgIpc) is 2.70. The minimum Gasteiger partial charge on any atom is -0.478 e. The highest BCUT2D eigenvalue weighted by Gasteiger charge is 2.40. The minimum atomic E-state index is -1.25. The summed E-state index contributed by atoms with van der Waals surface area (Å²) in [7, 11) is 0. The summed E-state index contributed by atoms with van der Waals surface area (Å²) in [5, 5.41) is 0.585. The number of imide groups is 1. The number of likely N-dealkylation sites (tertiary alicyclic amines) is 1. The Morgan fingerprint density at radius 1 is 1.10 bits per heavy atom. The van der Waals surface area contributed by atoms with Gasteiger partial charge >= 0.3 is 6.03 Å². The predicted octanol–water partition coefficient (Wildman–Crippen LogP) is 5.38. The fourth-order valence-corrected chi connectivity index (χ4v) is 3.63. The highest BCUT2D eigenvalue weighted by Crippen LogP contribution is 2.27. The van der Waals surface area contributed by atoms with Crippen LogP contribution in [0, 0.1) is 5.92 Å². The molecule has 1 aliphatic heterocycles. The molecular weight excluding hydrogens is 388 g/mol. The van der Waals surface area contributed by atoms with Crippen LogP contribution in [0.2, 0.25) is 5.02 Å². The van der Waals surface area contributed by atoms with E-state index in [-0.39, 0.29) is 6.03 Å². The molecule has 5 nitrogen and oxygen atoms in total. The van der Waals surface area contributed by atoms with Gasteiger partial charge in [0, 0.05) is 18.1 Å². The Morgan fingerprint density at radius 2 is 1.76 bits per heavy atom. The van der Waals surface area contributed by atoms with Crippen LogP contribution in [0.15, 0.2) is 54.6 Å². The minimum absolute atomic E-state index is 0.305. The molecule has 2 aromatic carbocycles. The normalized spacial score (nSPS) is 17.0. The van der Waals surface area contributed by atoms with Crippen LogP contribution < -0.4 is 9.64 Å². The van der Waals surface area contributed by atoms with Crippen LogP contribution in [-0.2, 0) is 4.79 Å². The Balaban J connectivity index is 1.89. The van der Waals surface area contributed by atoms with Gasteiger partial charge in [-0.05, 0) is 69.0 Å². The molecule has 0 spiro atoms. The van der Waals surface area contributed by atoms with Gasteiger partial charge in [0.05, 0.1) is 5.69 Å². The molecule has 3 amide bonds. The summed E-state index contributed by atoms with van der Waals surface area (Å²) >= 11 is 5.93. The van der Waals surface area contributed by atoms with Gasteiger partial charge in [0.15, 0.2) is 5.60 Å². The number of piperidine rings is 1. The van der Waals surface area contributed by atoms with Gasteiger partial charge in [-0.15, -0.1) is 0 Å². The van der Waals surface area contributed by atoms with Crippen LogP contribution in [0.25, 0.3) is 0 Å². The molecule has 1 heterocycles. The van der Waals surface area contributed by atoms with Gasteiger partial charge in [0.25, 0.3) is 5.91 Å². The lowest BCUT2D eigenvalue weighted by Gasteiger charge is -2.37. The second-order valence-corrected chi connectivity index (χ2v) is 8.45. The van der Waals surface area contributed by atoms with Gasteiger partial charge < -0.3 is 9.64 Å². The zero-order chi connectivity index (χ0) is 21.0. The van der Waals surface area contributed by atoms with Crippen molar-refractivity contribution in [2.24, 2.45) is 5.92 Å². The summed E-state index contributed by atoms with van der Waals surface area (Å²) in [6, 6.07) is 15.5. The standard InChI is InChI=1S/C23H27ClN2O3/c1-17-8-7-15-25(16-17)22(28)26(19-9-5-4-6-10-19)21(27)23(2,3)29-20-13-11-18(24)12-14-20/h4-6,9-14,17H,7-8,15-16H2,1-3H3. The molecule has 6 heteroatoms. The van der Waals surface area contributed by atoms with Crippen molar-refractivity contribution in [3.8, 4) is 5.75 Å². The van der Waals surface area contributed by atoms with E-state index in [9.17, 15) is 9.59 Å². The molecule has 1 atom stereocenters. The fourth-order valence-electron chi connectivity index (χ4n) is 3.51. The number of hydrogen-bond acceptors (Lipinski definition) is 3. The smallest absolute Gasteiger partial charge is 0.331 e. The Hall–Kier alpha value is -2.53. The lowest BCUT2D eigenvalue weighted by Crippen LogP contribution is -2.56. The average molecular weight is 415 g/mol. The summed E-state index contributed by atoms with van der Waals surface area (Å²) in [4.78, 5) is 29.9. The van der Waals surface area contributed by atoms with Crippen molar-refractivity contribution in [2.45, 2.75) is 39.2 Å². The van der Waals surface area contributed by atoms with E-state index < -0.39 is 11.5 Å². The molecule has 1 aliphatic rings. The first-order chi connectivity index (χ1) is 13.8. The van der Waals surface area contributed by atoms with Crippen molar-refractivity contribution >= 4 is 29.2 Å². The van der Waals surface area contributed by atoms with Crippen molar-refractivity contribution in [2.75, 3.05) is 18.0 Å². The Kier molecular flexibility index (Phi) is 6.48. The number of rotatable bonds is 4. The quantitative estimate of drug-likeness (QED) is 0.674. The van der Waals surface area contributed by atoms with E-state index in [0.717, 1.165) is 12.8 Å². The van der Waals surface area contributed by atoms with Crippen molar-refractivity contribution in [3.63, 3.8) is 0 Å². The lowest BCUT2D eigenvalue weighted by atomic mass is 10.0. The number of anilines is 1. The van der Waals surface area contributed by atoms with Gasteiger partial charge in [-0.25, -0.2) is 9.69 Å². The summed E-state index contributed by atoms with van der Waals surface area (Å²) in [6.45, 7) is 6.77.